The van der Waals surface area contributed by atoms with E-state index in [4.69, 9.17) is 0 Å². The molecule has 0 unspecified atom stereocenters. The Balaban J connectivity index is 2.01. The van der Waals surface area contributed by atoms with Crippen LogP contribution in [0.3, 0.4) is 0 Å². The molecule has 170 valence electrons. The number of alkyl halides is 3. The lowest BCUT2D eigenvalue weighted by atomic mass is 9.93. The van der Waals surface area contributed by atoms with Gasteiger partial charge in [-0.25, -0.2) is 9.48 Å². The van der Waals surface area contributed by atoms with Gasteiger partial charge in [-0.05, 0) is 66.8 Å². The lowest BCUT2D eigenvalue weighted by Crippen LogP contribution is -2.29. The molecule has 11 heteroatoms. The van der Waals surface area contributed by atoms with E-state index in [-0.39, 0.29) is 5.56 Å². The van der Waals surface area contributed by atoms with Crippen molar-refractivity contribution in [3.8, 4) is 11.4 Å². The number of benzene rings is 2. The van der Waals surface area contributed by atoms with Crippen molar-refractivity contribution in [1.82, 2.24) is 9.78 Å². The number of halogens is 3. The number of aromatic nitrogens is 2. The first-order chi connectivity index (χ1) is 14.9. The summed E-state index contributed by atoms with van der Waals surface area (Å²) in [5, 5.41) is 4.14. The molecule has 3 rings (SSSR count). The highest BCUT2D eigenvalue weighted by Crippen LogP contribution is 2.35. The Morgan fingerprint density at radius 1 is 1.12 bits per heavy atom. The molecule has 0 spiro atoms. The standard InChI is InChI=1S/C21H19F3N2O5S/c1-13-14(2)19(31-32(28,29)21(22,23)24)18(20(27)30-3)12-16(13)11-15-5-7-17(8-6-15)26-10-4-9-25-26/h4-10,12H,11H2,1-3H3. The lowest BCUT2D eigenvalue weighted by molar-refractivity contribution is -0.0500. The number of rotatable bonds is 6. The van der Waals surface area contributed by atoms with Crippen molar-refractivity contribution in [2.75, 3.05) is 7.11 Å². The van der Waals surface area contributed by atoms with Crippen LogP contribution in [-0.4, -0.2) is 36.8 Å². The van der Waals surface area contributed by atoms with Gasteiger partial charge in [-0.2, -0.15) is 26.7 Å². The number of hydrogen-bond donors (Lipinski definition) is 0. The van der Waals surface area contributed by atoms with Crippen LogP contribution in [0.2, 0.25) is 0 Å². The number of carbonyl (C=O) groups excluding carboxylic acids is 1. The number of nitrogens with zero attached hydrogens (tertiary/aromatic N) is 2. The molecule has 2 aromatic carbocycles. The molecule has 0 amide bonds. The Bertz CT molecular complexity index is 1240. The predicted molar refractivity (Wildman–Crippen MR) is 109 cm³/mol. The van der Waals surface area contributed by atoms with Gasteiger partial charge in [0.2, 0.25) is 0 Å². The van der Waals surface area contributed by atoms with E-state index in [0.717, 1.165) is 18.4 Å². The number of methoxy groups -OCH3 is 1. The van der Waals surface area contributed by atoms with Crippen LogP contribution in [0.4, 0.5) is 13.2 Å². The fourth-order valence-electron chi connectivity index (χ4n) is 3.08. The van der Waals surface area contributed by atoms with Gasteiger partial charge in [-0.15, -0.1) is 0 Å². The van der Waals surface area contributed by atoms with Crippen LogP contribution in [0.15, 0.2) is 48.8 Å². The van der Waals surface area contributed by atoms with Crippen molar-refractivity contribution >= 4 is 16.1 Å². The van der Waals surface area contributed by atoms with Crippen LogP contribution in [0, 0.1) is 13.8 Å². The minimum absolute atomic E-state index is 0.0869. The summed E-state index contributed by atoms with van der Waals surface area (Å²) in [6.07, 6.45) is 3.78. The first-order valence-corrected chi connectivity index (χ1v) is 10.7. The van der Waals surface area contributed by atoms with E-state index in [1.165, 1.54) is 13.0 Å². The zero-order valence-corrected chi connectivity index (χ0v) is 18.1. The van der Waals surface area contributed by atoms with Crippen LogP contribution in [0.25, 0.3) is 5.69 Å². The summed E-state index contributed by atoms with van der Waals surface area (Å²) in [6.45, 7) is 2.99. The molecular formula is C21H19F3N2O5S. The van der Waals surface area contributed by atoms with E-state index in [9.17, 15) is 26.4 Å². The third-order valence-electron chi connectivity index (χ3n) is 4.93. The first-order valence-electron chi connectivity index (χ1n) is 9.25. The van der Waals surface area contributed by atoms with Crippen molar-refractivity contribution in [3.63, 3.8) is 0 Å². The van der Waals surface area contributed by atoms with E-state index >= 15 is 0 Å². The zero-order chi connectivity index (χ0) is 23.7. The molecule has 0 N–H and O–H groups in total. The Labute approximate surface area is 182 Å². The third kappa shape index (κ3) is 4.62. The highest BCUT2D eigenvalue weighted by molar-refractivity contribution is 7.88. The Hall–Kier alpha value is -3.34. The highest BCUT2D eigenvalue weighted by atomic mass is 32.2. The molecule has 0 saturated heterocycles. The number of carbonyl (C=O) groups is 1. The van der Waals surface area contributed by atoms with E-state index in [1.54, 1.807) is 30.1 Å². The van der Waals surface area contributed by atoms with E-state index in [0.29, 0.717) is 17.5 Å². The number of ether oxygens (including phenoxy) is 1. The molecule has 0 radical (unpaired) electrons. The van der Waals surface area contributed by atoms with Gasteiger partial charge >= 0.3 is 21.6 Å². The maximum absolute atomic E-state index is 12.8. The summed E-state index contributed by atoms with van der Waals surface area (Å²) in [5.74, 6) is -1.72. The summed E-state index contributed by atoms with van der Waals surface area (Å²) < 4.78 is 72.2. The Kier molecular flexibility index (Phi) is 6.31. The van der Waals surface area contributed by atoms with Crippen LogP contribution in [0.1, 0.15) is 32.6 Å². The van der Waals surface area contributed by atoms with E-state index in [1.807, 2.05) is 24.3 Å². The molecule has 0 fully saturated rings. The number of hydrogen-bond acceptors (Lipinski definition) is 6. The molecule has 1 heterocycles. The molecule has 0 bridgehead atoms. The maximum Gasteiger partial charge on any atom is 0.534 e. The maximum atomic E-state index is 12.8. The fourth-order valence-corrected chi connectivity index (χ4v) is 3.61. The normalized spacial score (nSPS) is 11.9. The van der Waals surface area contributed by atoms with Gasteiger partial charge in [-0.1, -0.05) is 12.1 Å². The van der Waals surface area contributed by atoms with E-state index in [2.05, 4.69) is 14.0 Å². The smallest absolute Gasteiger partial charge is 0.465 e. The van der Waals surface area contributed by atoms with Gasteiger partial charge in [0, 0.05) is 12.4 Å². The summed E-state index contributed by atoms with van der Waals surface area (Å²) in [6, 6.07) is 10.5. The monoisotopic (exact) mass is 468 g/mol. The van der Waals surface area contributed by atoms with Gasteiger partial charge in [-0.3, -0.25) is 0 Å². The molecule has 0 atom stereocenters. The number of esters is 1. The molecule has 0 aliphatic heterocycles. The van der Waals surface area contributed by atoms with Gasteiger partial charge in [0.25, 0.3) is 0 Å². The van der Waals surface area contributed by atoms with E-state index < -0.39 is 32.9 Å². The second kappa shape index (κ2) is 8.65. The van der Waals surface area contributed by atoms with Crippen molar-refractivity contribution in [3.05, 3.63) is 76.6 Å². The van der Waals surface area contributed by atoms with Crippen molar-refractivity contribution in [1.29, 1.82) is 0 Å². The highest BCUT2D eigenvalue weighted by Gasteiger charge is 2.49. The van der Waals surface area contributed by atoms with Gasteiger partial charge in [0.1, 0.15) is 5.56 Å². The third-order valence-corrected chi connectivity index (χ3v) is 5.88. The van der Waals surface area contributed by atoms with Crippen LogP contribution < -0.4 is 4.18 Å². The van der Waals surface area contributed by atoms with Gasteiger partial charge in [0.15, 0.2) is 5.75 Å². The van der Waals surface area contributed by atoms with Crippen LogP contribution in [0.5, 0.6) is 5.75 Å². The summed E-state index contributed by atoms with van der Waals surface area (Å²) >= 11 is 0. The van der Waals surface area contributed by atoms with Crippen molar-refractivity contribution < 1.29 is 35.3 Å². The molecule has 32 heavy (non-hydrogen) atoms. The summed E-state index contributed by atoms with van der Waals surface area (Å²) in [4.78, 5) is 12.2. The molecule has 0 aliphatic carbocycles. The Morgan fingerprint density at radius 3 is 2.31 bits per heavy atom. The molecule has 0 aliphatic rings. The average molecular weight is 468 g/mol. The first kappa shape index (κ1) is 23.3. The van der Waals surface area contributed by atoms with Gasteiger partial charge in [0.05, 0.1) is 12.8 Å². The van der Waals surface area contributed by atoms with Crippen LogP contribution in [-0.2, 0) is 21.3 Å². The second-order valence-electron chi connectivity index (χ2n) is 6.93. The lowest BCUT2D eigenvalue weighted by Gasteiger charge is -2.18. The topological polar surface area (TPSA) is 87.5 Å². The minimum Gasteiger partial charge on any atom is -0.465 e. The summed E-state index contributed by atoms with van der Waals surface area (Å²) in [7, 11) is -4.93. The average Bonchev–Trinajstić information content (AvgIpc) is 3.27. The van der Waals surface area contributed by atoms with Crippen molar-refractivity contribution in [2.24, 2.45) is 0 Å². The van der Waals surface area contributed by atoms with Gasteiger partial charge < -0.3 is 8.92 Å². The molecule has 1 aromatic heterocycles. The molecule has 0 saturated carbocycles. The molecule has 3 aromatic rings. The fraction of sp³-hybridized carbons (Fsp3) is 0.238. The molecule has 7 nitrogen and oxygen atoms in total. The summed E-state index contributed by atoms with van der Waals surface area (Å²) in [5.41, 5.74) is -3.18. The quantitative estimate of drug-likeness (QED) is 0.308. The van der Waals surface area contributed by atoms with Crippen LogP contribution >= 0.6 is 0 Å². The van der Waals surface area contributed by atoms with Crippen molar-refractivity contribution in [2.45, 2.75) is 25.8 Å². The Morgan fingerprint density at radius 2 is 1.78 bits per heavy atom. The SMILES string of the molecule is COC(=O)c1cc(Cc2ccc(-n3cccn3)cc2)c(C)c(C)c1OS(=O)(=O)C(F)(F)F. The zero-order valence-electron chi connectivity index (χ0n) is 17.3. The predicted octanol–water partition coefficient (Wildman–Crippen LogP) is 4.09. The minimum atomic E-state index is -5.97. The molecular weight excluding hydrogens is 449 g/mol. The second-order valence-corrected chi connectivity index (χ2v) is 8.47. The largest absolute Gasteiger partial charge is 0.534 e.